The third kappa shape index (κ3) is 4.07. The maximum atomic E-state index is 12.1. The van der Waals surface area contributed by atoms with Crippen LogP contribution in [0.5, 0.6) is 0 Å². The molecule has 3 aromatic rings. The minimum Gasteiger partial charge on any atom is -0.449 e. The molecule has 0 spiro atoms. The van der Waals surface area contributed by atoms with Crippen LogP contribution in [0.15, 0.2) is 66.7 Å². The largest absolute Gasteiger partial charge is 0.449 e. The molecule has 4 rings (SSSR count). The van der Waals surface area contributed by atoms with E-state index >= 15 is 0 Å². The number of rotatable bonds is 4. The first kappa shape index (κ1) is 19.8. The summed E-state index contributed by atoms with van der Waals surface area (Å²) in [5.41, 5.74) is 5.74. The molecule has 0 unspecified atom stereocenters. The second-order valence-electron chi connectivity index (χ2n) is 6.84. The van der Waals surface area contributed by atoms with Crippen molar-refractivity contribution in [3.63, 3.8) is 0 Å². The van der Waals surface area contributed by atoms with Crippen molar-refractivity contribution in [2.75, 3.05) is 13.2 Å². The van der Waals surface area contributed by atoms with Crippen LogP contribution in [0.3, 0.4) is 0 Å². The highest BCUT2D eigenvalue weighted by Gasteiger charge is 2.28. The summed E-state index contributed by atoms with van der Waals surface area (Å²) in [5.74, 6) is 5.75. The third-order valence-electron chi connectivity index (χ3n) is 5.02. The molecule has 0 fully saturated rings. The fourth-order valence-corrected chi connectivity index (χ4v) is 3.79. The number of fused-ring (bicyclic) bond motifs is 3. The second kappa shape index (κ2) is 8.86. The summed E-state index contributed by atoms with van der Waals surface area (Å²) in [5, 5.41) is 3.02. The van der Waals surface area contributed by atoms with E-state index in [1.165, 1.54) is 22.3 Å². The topological polar surface area (TPSA) is 55.4 Å². The Morgan fingerprint density at radius 1 is 1.03 bits per heavy atom. The highest BCUT2D eigenvalue weighted by Crippen LogP contribution is 2.44. The summed E-state index contributed by atoms with van der Waals surface area (Å²) in [6.07, 6.45) is 0.165. The minimum atomic E-state index is -0.518. The number of aldehydes is 1. The number of alkyl carbamates (subject to hydrolysis) is 1. The Kier molecular flexibility index (Phi) is 5.83. The van der Waals surface area contributed by atoms with Gasteiger partial charge in [0, 0.05) is 17.0 Å². The molecular weight excluding hydrogens is 398 g/mol. The molecular formula is C25H18ClNO3. The van der Waals surface area contributed by atoms with E-state index in [0.717, 1.165) is 0 Å². The van der Waals surface area contributed by atoms with Crippen LogP contribution in [-0.4, -0.2) is 25.5 Å². The fraction of sp³-hybridized carbons (Fsp3) is 0.120. The minimum absolute atomic E-state index is 0.0186. The van der Waals surface area contributed by atoms with Crippen molar-refractivity contribution in [2.45, 2.75) is 5.92 Å². The van der Waals surface area contributed by atoms with E-state index in [1.807, 2.05) is 24.3 Å². The summed E-state index contributed by atoms with van der Waals surface area (Å²) in [6, 6.07) is 21.3. The van der Waals surface area contributed by atoms with Crippen molar-refractivity contribution in [1.29, 1.82) is 0 Å². The van der Waals surface area contributed by atoms with Gasteiger partial charge in [-0.05, 0) is 40.5 Å². The molecule has 4 nitrogen and oxygen atoms in total. The normalized spacial score (nSPS) is 11.6. The molecule has 0 aromatic heterocycles. The molecule has 1 amide bonds. The zero-order valence-corrected chi connectivity index (χ0v) is 16.8. The predicted octanol–water partition coefficient (Wildman–Crippen LogP) is 5.04. The SMILES string of the molecule is O=Cc1cc(C#CCNC(=O)OCC2c3ccccc3-c3ccccc32)ccc1Cl. The second-order valence-corrected chi connectivity index (χ2v) is 7.24. The fourth-order valence-electron chi connectivity index (χ4n) is 3.62. The molecule has 1 aliphatic rings. The number of carbonyl (C=O) groups excluding carboxylic acids is 2. The molecule has 30 heavy (non-hydrogen) atoms. The molecule has 1 aliphatic carbocycles. The lowest BCUT2D eigenvalue weighted by atomic mass is 9.98. The average molecular weight is 416 g/mol. The lowest BCUT2D eigenvalue weighted by Crippen LogP contribution is -2.26. The van der Waals surface area contributed by atoms with Gasteiger partial charge in [0.25, 0.3) is 0 Å². The molecule has 0 radical (unpaired) electrons. The Bertz CT molecular complexity index is 1130. The van der Waals surface area contributed by atoms with Gasteiger partial charge in [-0.1, -0.05) is 72.0 Å². The molecule has 3 aromatic carbocycles. The van der Waals surface area contributed by atoms with Gasteiger partial charge in [-0.15, -0.1) is 0 Å². The van der Waals surface area contributed by atoms with Crippen LogP contribution in [0.1, 0.15) is 33.0 Å². The first-order valence-electron chi connectivity index (χ1n) is 9.50. The number of amides is 1. The number of ether oxygens (including phenoxy) is 1. The smallest absolute Gasteiger partial charge is 0.407 e. The first-order chi connectivity index (χ1) is 14.7. The number of nitrogens with one attached hydrogen (secondary N) is 1. The van der Waals surface area contributed by atoms with E-state index in [-0.39, 0.29) is 19.1 Å². The van der Waals surface area contributed by atoms with Gasteiger partial charge in [0.2, 0.25) is 0 Å². The summed E-state index contributed by atoms with van der Waals surface area (Å²) < 4.78 is 5.46. The van der Waals surface area contributed by atoms with Crippen LogP contribution in [0.4, 0.5) is 4.79 Å². The number of hydrogen-bond acceptors (Lipinski definition) is 3. The number of carbonyl (C=O) groups is 2. The van der Waals surface area contributed by atoms with Gasteiger partial charge in [0.1, 0.15) is 6.61 Å². The molecule has 0 saturated heterocycles. The summed E-state index contributed by atoms with van der Waals surface area (Å²) in [4.78, 5) is 23.0. The highest BCUT2D eigenvalue weighted by molar-refractivity contribution is 6.32. The van der Waals surface area contributed by atoms with Gasteiger partial charge in [0.15, 0.2) is 6.29 Å². The third-order valence-corrected chi connectivity index (χ3v) is 5.36. The van der Waals surface area contributed by atoms with Crippen molar-refractivity contribution in [3.05, 3.63) is 94.0 Å². The molecule has 0 saturated carbocycles. The Morgan fingerprint density at radius 2 is 1.70 bits per heavy atom. The van der Waals surface area contributed by atoms with E-state index < -0.39 is 6.09 Å². The van der Waals surface area contributed by atoms with Crippen LogP contribution in [0.2, 0.25) is 5.02 Å². The van der Waals surface area contributed by atoms with E-state index in [2.05, 4.69) is 41.4 Å². The number of hydrogen-bond donors (Lipinski definition) is 1. The number of benzene rings is 3. The van der Waals surface area contributed by atoms with E-state index in [1.54, 1.807) is 18.2 Å². The summed E-state index contributed by atoms with van der Waals surface area (Å²) >= 11 is 5.90. The molecule has 1 N–H and O–H groups in total. The van der Waals surface area contributed by atoms with Crippen molar-refractivity contribution in [1.82, 2.24) is 5.32 Å². The van der Waals surface area contributed by atoms with Crippen LogP contribution in [0, 0.1) is 11.8 Å². The first-order valence-corrected chi connectivity index (χ1v) is 9.87. The lowest BCUT2D eigenvalue weighted by molar-refractivity contribution is 0.112. The summed E-state index contributed by atoms with van der Waals surface area (Å²) in [7, 11) is 0. The van der Waals surface area contributed by atoms with Crippen LogP contribution in [-0.2, 0) is 4.74 Å². The van der Waals surface area contributed by atoms with Gasteiger partial charge in [0.05, 0.1) is 11.6 Å². The van der Waals surface area contributed by atoms with Crippen molar-refractivity contribution in [3.8, 4) is 23.0 Å². The average Bonchev–Trinajstić information content (AvgIpc) is 3.10. The van der Waals surface area contributed by atoms with Gasteiger partial charge in [-0.25, -0.2) is 4.79 Å². The standard InChI is InChI=1S/C25H18ClNO3/c26-24-12-11-17(14-18(24)15-28)6-5-13-27-25(29)30-16-23-21-9-3-1-7-19(21)20-8-2-4-10-22(20)23/h1-4,7-12,14-15,23H,13,16H2,(H,27,29). The Morgan fingerprint density at radius 3 is 2.37 bits per heavy atom. The molecule has 5 heteroatoms. The highest BCUT2D eigenvalue weighted by atomic mass is 35.5. The maximum Gasteiger partial charge on any atom is 0.407 e. The zero-order chi connectivity index (χ0) is 20.9. The maximum absolute atomic E-state index is 12.1. The lowest BCUT2D eigenvalue weighted by Gasteiger charge is -2.14. The van der Waals surface area contributed by atoms with Gasteiger partial charge in [-0.2, -0.15) is 0 Å². The predicted molar refractivity (Wildman–Crippen MR) is 117 cm³/mol. The number of halogens is 1. The van der Waals surface area contributed by atoms with Crippen molar-refractivity contribution >= 4 is 24.0 Å². The van der Waals surface area contributed by atoms with Crippen molar-refractivity contribution < 1.29 is 14.3 Å². The van der Waals surface area contributed by atoms with Gasteiger partial charge in [-0.3, -0.25) is 4.79 Å². The van der Waals surface area contributed by atoms with Crippen LogP contribution >= 0.6 is 11.6 Å². The van der Waals surface area contributed by atoms with E-state index in [0.29, 0.717) is 22.4 Å². The molecule has 0 atom stereocenters. The Hall–Kier alpha value is -3.55. The van der Waals surface area contributed by atoms with E-state index in [9.17, 15) is 9.59 Å². The zero-order valence-electron chi connectivity index (χ0n) is 16.0. The monoisotopic (exact) mass is 415 g/mol. The van der Waals surface area contributed by atoms with Gasteiger partial charge >= 0.3 is 6.09 Å². The van der Waals surface area contributed by atoms with E-state index in [4.69, 9.17) is 16.3 Å². The quantitative estimate of drug-likeness (QED) is 0.479. The molecule has 0 heterocycles. The Balaban J connectivity index is 1.35. The van der Waals surface area contributed by atoms with Crippen molar-refractivity contribution in [2.24, 2.45) is 0 Å². The molecule has 148 valence electrons. The van der Waals surface area contributed by atoms with Crippen LogP contribution in [0.25, 0.3) is 11.1 Å². The van der Waals surface area contributed by atoms with Gasteiger partial charge < -0.3 is 10.1 Å². The summed E-state index contributed by atoms with van der Waals surface area (Å²) in [6.45, 7) is 0.392. The molecule has 0 aliphatic heterocycles. The Labute approximate surface area is 179 Å². The van der Waals surface area contributed by atoms with Crippen LogP contribution < -0.4 is 5.32 Å². The molecule has 0 bridgehead atoms.